The van der Waals surface area contributed by atoms with Crippen molar-refractivity contribution in [1.82, 2.24) is 19.5 Å². The Hall–Kier alpha value is -3.72. The van der Waals surface area contributed by atoms with E-state index in [2.05, 4.69) is 20.3 Å². The first kappa shape index (κ1) is 22.5. The first-order valence-electron chi connectivity index (χ1n) is 10.5. The Morgan fingerprint density at radius 2 is 1.91 bits per heavy atom. The summed E-state index contributed by atoms with van der Waals surface area (Å²) in [6, 6.07) is 16.8. The molecule has 1 N–H and O–H groups in total. The van der Waals surface area contributed by atoms with Crippen molar-refractivity contribution in [2.75, 3.05) is 12.4 Å². The first-order chi connectivity index (χ1) is 16.1. The van der Waals surface area contributed by atoms with Crippen LogP contribution in [0.5, 0.6) is 5.75 Å². The highest BCUT2D eigenvalue weighted by Crippen LogP contribution is 2.26. The van der Waals surface area contributed by atoms with Crippen LogP contribution in [0.15, 0.2) is 76.9 Å². The molecule has 1 unspecified atom stereocenters. The predicted octanol–water partition coefficient (Wildman–Crippen LogP) is 3.75. The number of carbonyl (C=O) groups excluding carboxylic acids is 1. The molecule has 8 nitrogen and oxygen atoms in total. The number of hydrogen-bond donors (Lipinski definition) is 1. The van der Waals surface area contributed by atoms with E-state index < -0.39 is 5.25 Å². The third-order valence-corrected chi connectivity index (χ3v) is 6.35. The molecule has 1 amide bonds. The number of aromatic nitrogens is 4. The molecule has 0 aliphatic rings. The van der Waals surface area contributed by atoms with Crippen LogP contribution < -0.4 is 15.6 Å². The van der Waals surface area contributed by atoms with Crippen molar-refractivity contribution in [3.05, 3.63) is 82.9 Å². The van der Waals surface area contributed by atoms with Crippen molar-refractivity contribution < 1.29 is 9.53 Å². The number of ether oxygens (including phenoxy) is 1. The SMILES string of the molecule is CCC(Sc1nc2nccnc2c(=O)n1Cc1ccccc1)C(=O)Nc1cccc(OC)c1. The molecule has 0 saturated carbocycles. The summed E-state index contributed by atoms with van der Waals surface area (Å²) in [7, 11) is 1.58. The van der Waals surface area contributed by atoms with Gasteiger partial charge in [0.05, 0.1) is 18.9 Å². The van der Waals surface area contributed by atoms with E-state index in [9.17, 15) is 9.59 Å². The lowest BCUT2D eigenvalue weighted by Gasteiger charge is -2.18. The molecule has 1 atom stereocenters. The minimum Gasteiger partial charge on any atom is -0.497 e. The van der Waals surface area contributed by atoms with E-state index in [0.717, 1.165) is 5.56 Å². The van der Waals surface area contributed by atoms with Gasteiger partial charge in [0, 0.05) is 24.1 Å². The molecular weight excluding hydrogens is 438 g/mol. The first-order valence-corrected chi connectivity index (χ1v) is 11.3. The summed E-state index contributed by atoms with van der Waals surface area (Å²) >= 11 is 1.24. The van der Waals surface area contributed by atoms with Crippen LogP contribution in [0.2, 0.25) is 0 Å². The average Bonchev–Trinajstić information content (AvgIpc) is 2.85. The van der Waals surface area contributed by atoms with Crippen LogP contribution in [-0.2, 0) is 11.3 Å². The Morgan fingerprint density at radius 1 is 1.12 bits per heavy atom. The Kier molecular flexibility index (Phi) is 6.99. The van der Waals surface area contributed by atoms with Gasteiger partial charge in [0.2, 0.25) is 5.91 Å². The molecule has 4 rings (SSSR count). The molecule has 0 fully saturated rings. The van der Waals surface area contributed by atoms with Gasteiger partial charge in [0.15, 0.2) is 16.3 Å². The van der Waals surface area contributed by atoms with Crippen LogP contribution in [0.3, 0.4) is 0 Å². The predicted molar refractivity (Wildman–Crippen MR) is 129 cm³/mol. The number of nitrogens with one attached hydrogen (secondary N) is 1. The fourth-order valence-electron chi connectivity index (χ4n) is 3.30. The summed E-state index contributed by atoms with van der Waals surface area (Å²) in [5.74, 6) is 0.468. The molecule has 33 heavy (non-hydrogen) atoms. The van der Waals surface area contributed by atoms with E-state index in [0.29, 0.717) is 29.6 Å². The van der Waals surface area contributed by atoms with Gasteiger partial charge in [-0.25, -0.2) is 15.0 Å². The number of methoxy groups -OCH3 is 1. The largest absolute Gasteiger partial charge is 0.497 e. The summed E-state index contributed by atoms with van der Waals surface area (Å²) in [6.07, 6.45) is 3.51. The highest BCUT2D eigenvalue weighted by atomic mass is 32.2. The van der Waals surface area contributed by atoms with Gasteiger partial charge >= 0.3 is 0 Å². The number of thioether (sulfide) groups is 1. The van der Waals surface area contributed by atoms with E-state index in [1.165, 1.54) is 24.2 Å². The van der Waals surface area contributed by atoms with Crippen LogP contribution in [0, 0.1) is 0 Å². The second kappa shape index (κ2) is 10.3. The lowest BCUT2D eigenvalue weighted by atomic mass is 10.2. The summed E-state index contributed by atoms with van der Waals surface area (Å²) < 4.78 is 6.78. The zero-order valence-corrected chi connectivity index (χ0v) is 19.1. The monoisotopic (exact) mass is 461 g/mol. The molecule has 0 radical (unpaired) electrons. The number of fused-ring (bicyclic) bond motifs is 1. The van der Waals surface area contributed by atoms with Crippen LogP contribution in [0.25, 0.3) is 11.2 Å². The van der Waals surface area contributed by atoms with Gasteiger partial charge in [-0.15, -0.1) is 0 Å². The van der Waals surface area contributed by atoms with Gasteiger partial charge in [-0.3, -0.25) is 14.2 Å². The molecule has 0 aliphatic heterocycles. The van der Waals surface area contributed by atoms with Gasteiger partial charge in [-0.1, -0.05) is 55.1 Å². The van der Waals surface area contributed by atoms with Gasteiger partial charge < -0.3 is 10.1 Å². The zero-order chi connectivity index (χ0) is 23.2. The van der Waals surface area contributed by atoms with Crippen molar-refractivity contribution in [3.63, 3.8) is 0 Å². The number of hydrogen-bond acceptors (Lipinski definition) is 7. The minimum absolute atomic E-state index is 0.185. The highest BCUT2D eigenvalue weighted by Gasteiger charge is 2.23. The van der Waals surface area contributed by atoms with E-state index in [4.69, 9.17) is 4.74 Å². The minimum atomic E-state index is -0.473. The van der Waals surface area contributed by atoms with Crippen molar-refractivity contribution in [1.29, 1.82) is 0 Å². The van der Waals surface area contributed by atoms with Crippen LogP contribution in [-0.4, -0.2) is 37.8 Å². The second-order valence-electron chi connectivity index (χ2n) is 7.24. The molecule has 9 heteroatoms. The molecule has 0 saturated heterocycles. The molecular formula is C24H23N5O3S. The summed E-state index contributed by atoms with van der Waals surface area (Å²) in [5.41, 5.74) is 1.75. The molecule has 0 spiro atoms. The Balaban J connectivity index is 1.67. The normalized spacial score (nSPS) is 11.8. The number of rotatable bonds is 8. The third-order valence-electron chi connectivity index (χ3n) is 4.99. The molecule has 0 bridgehead atoms. The van der Waals surface area contributed by atoms with Crippen molar-refractivity contribution in [2.24, 2.45) is 0 Å². The van der Waals surface area contributed by atoms with E-state index in [-0.39, 0.29) is 22.6 Å². The van der Waals surface area contributed by atoms with Gasteiger partial charge in [0.25, 0.3) is 5.56 Å². The van der Waals surface area contributed by atoms with Gasteiger partial charge in [-0.05, 0) is 24.1 Å². The molecule has 2 aromatic carbocycles. The van der Waals surface area contributed by atoms with Crippen LogP contribution in [0.4, 0.5) is 5.69 Å². The van der Waals surface area contributed by atoms with Gasteiger partial charge in [0.1, 0.15) is 5.75 Å². The lowest BCUT2D eigenvalue weighted by Crippen LogP contribution is -2.29. The van der Waals surface area contributed by atoms with E-state index in [1.54, 1.807) is 23.8 Å². The molecule has 2 heterocycles. The number of benzene rings is 2. The topological polar surface area (TPSA) is 99.0 Å². The molecule has 168 valence electrons. The van der Waals surface area contributed by atoms with Crippen LogP contribution in [0.1, 0.15) is 18.9 Å². The maximum absolute atomic E-state index is 13.2. The zero-order valence-electron chi connectivity index (χ0n) is 18.3. The van der Waals surface area contributed by atoms with Gasteiger partial charge in [-0.2, -0.15) is 0 Å². The molecule has 2 aromatic heterocycles. The summed E-state index contributed by atoms with van der Waals surface area (Å²) in [4.78, 5) is 39.3. The van der Waals surface area contributed by atoms with Crippen molar-refractivity contribution >= 4 is 34.5 Å². The van der Waals surface area contributed by atoms with E-state index in [1.807, 2.05) is 49.4 Å². The highest BCUT2D eigenvalue weighted by molar-refractivity contribution is 8.00. The smallest absolute Gasteiger partial charge is 0.282 e. The number of carbonyl (C=O) groups is 1. The average molecular weight is 462 g/mol. The van der Waals surface area contributed by atoms with Crippen LogP contribution >= 0.6 is 11.8 Å². The number of amides is 1. The maximum Gasteiger partial charge on any atom is 0.282 e. The molecule has 4 aromatic rings. The number of nitrogens with zero attached hydrogens (tertiary/aromatic N) is 4. The Bertz CT molecular complexity index is 1330. The maximum atomic E-state index is 13.2. The van der Waals surface area contributed by atoms with Crippen molar-refractivity contribution in [3.8, 4) is 5.75 Å². The fraction of sp³-hybridized carbons (Fsp3) is 0.208. The lowest BCUT2D eigenvalue weighted by molar-refractivity contribution is -0.115. The Morgan fingerprint density at radius 3 is 2.67 bits per heavy atom. The third kappa shape index (κ3) is 5.20. The fourth-order valence-corrected chi connectivity index (χ4v) is 4.30. The quantitative estimate of drug-likeness (QED) is 0.315. The molecule has 0 aliphatic carbocycles. The van der Waals surface area contributed by atoms with E-state index >= 15 is 0 Å². The second-order valence-corrected chi connectivity index (χ2v) is 8.41. The standard InChI is InChI=1S/C24H23N5O3S/c1-3-19(22(30)27-17-10-7-11-18(14-17)32-2)33-24-28-21-20(25-12-13-26-21)23(31)29(24)15-16-8-5-4-6-9-16/h4-14,19H,3,15H2,1-2H3,(H,27,30). The van der Waals surface area contributed by atoms with Crippen molar-refractivity contribution in [2.45, 2.75) is 30.3 Å². The Labute approximate surface area is 195 Å². The summed E-state index contributed by atoms with van der Waals surface area (Å²) in [5, 5.41) is 2.87. The number of anilines is 1. The summed E-state index contributed by atoms with van der Waals surface area (Å²) in [6.45, 7) is 2.23.